The van der Waals surface area contributed by atoms with Crippen molar-refractivity contribution in [2.24, 2.45) is 0 Å². The van der Waals surface area contributed by atoms with Crippen LogP contribution >= 0.6 is 0 Å². The largest absolute Gasteiger partial charge is 0.326 e. The van der Waals surface area contributed by atoms with Crippen LogP contribution in [-0.2, 0) is 16.5 Å². The molecule has 0 aliphatic heterocycles. The van der Waals surface area contributed by atoms with Crippen molar-refractivity contribution in [3.8, 4) is 0 Å². The number of benzene rings is 1. The molecule has 8 heteroatoms. The molecule has 0 saturated heterocycles. The van der Waals surface area contributed by atoms with Crippen LogP contribution in [0, 0.1) is 0 Å². The van der Waals surface area contributed by atoms with Gasteiger partial charge in [-0.15, -0.1) is 0 Å². The van der Waals surface area contributed by atoms with Crippen LogP contribution in [0.25, 0.3) is 10.9 Å². The molecule has 7 nitrogen and oxygen atoms in total. The van der Waals surface area contributed by atoms with Gasteiger partial charge in [0.2, 0.25) is 0 Å². The first-order valence-corrected chi connectivity index (χ1v) is 7.04. The number of H-pyrrole nitrogens is 2. The molecule has 0 bridgehead atoms. The van der Waals surface area contributed by atoms with E-state index in [0.717, 1.165) is 0 Å². The van der Waals surface area contributed by atoms with Crippen LogP contribution in [-0.4, -0.2) is 22.9 Å². The highest BCUT2D eigenvalue weighted by molar-refractivity contribution is 7.85. The van der Waals surface area contributed by atoms with Crippen molar-refractivity contribution in [3.05, 3.63) is 38.5 Å². The van der Waals surface area contributed by atoms with E-state index in [0.29, 0.717) is 12.8 Å². The molecule has 0 aliphatic rings. The summed E-state index contributed by atoms with van der Waals surface area (Å²) in [7, 11) is -4.42. The normalized spacial score (nSPS) is 11.9. The third-order valence-electron chi connectivity index (χ3n) is 2.75. The highest BCUT2D eigenvalue weighted by Crippen LogP contribution is 2.23. The summed E-state index contributed by atoms with van der Waals surface area (Å²) in [5.41, 5.74) is -0.892. The van der Waals surface area contributed by atoms with Gasteiger partial charge >= 0.3 is 5.69 Å². The van der Waals surface area contributed by atoms with Crippen molar-refractivity contribution < 1.29 is 13.0 Å². The lowest BCUT2D eigenvalue weighted by atomic mass is 10.1. The molecule has 1 aromatic carbocycles. The number of rotatable bonds is 3. The summed E-state index contributed by atoms with van der Waals surface area (Å²) in [6.07, 6.45) is 0.877. The number of fused-ring (bicyclic) bond motifs is 1. The van der Waals surface area contributed by atoms with Crippen molar-refractivity contribution in [2.75, 3.05) is 0 Å². The van der Waals surface area contributed by atoms with Gasteiger partial charge in [-0.3, -0.25) is 14.3 Å². The Morgan fingerprint density at radius 3 is 2.47 bits per heavy atom. The Morgan fingerprint density at radius 1 is 1.21 bits per heavy atom. The molecule has 0 atom stereocenters. The fourth-order valence-electron chi connectivity index (χ4n) is 2.05. The average Bonchev–Trinajstić information content (AvgIpc) is 2.26. The van der Waals surface area contributed by atoms with Crippen LogP contribution < -0.4 is 11.2 Å². The summed E-state index contributed by atoms with van der Waals surface area (Å²) in [6, 6.07) is 2.46. The maximum Gasteiger partial charge on any atom is 0.326 e. The Balaban J connectivity index is 3.01. The molecular weight excluding hydrogens is 272 g/mol. The van der Waals surface area contributed by atoms with Gasteiger partial charge in [-0.1, -0.05) is 13.3 Å². The van der Waals surface area contributed by atoms with Crippen LogP contribution in [0.5, 0.6) is 0 Å². The van der Waals surface area contributed by atoms with E-state index in [1.807, 2.05) is 11.9 Å². The van der Waals surface area contributed by atoms with Crippen LogP contribution in [0.15, 0.2) is 26.6 Å². The number of aromatic amines is 2. The molecule has 0 aliphatic carbocycles. The highest BCUT2D eigenvalue weighted by Gasteiger charge is 2.19. The van der Waals surface area contributed by atoms with E-state index >= 15 is 0 Å². The fraction of sp³-hybridized carbons (Fsp3) is 0.273. The average molecular weight is 284 g/mol. The predicted octanol–water partition coefficient (Wildman–Crippen LogP) is 0.416. The van der Waals surface area contributed by atoms with E-state index in [1.165, 1.54) is 12.1 Å². The van der Waals surface area contributed by atoms with Gasteiger partial charge in [-0.25, -0.2) is 4.79 Å². The maximum absolute atomic E-state index is 11.8. The first kappa shape index (κ1) is 13.5. The first-order chi connectivity index (χ1) is 8.84. The minimum absolute atomic E-state index is 0.0802. The summed E-state index contributed by atoms with van der Waals surface area (Å²) in [5.74, 6) is 0. The molecule has 0 amide bonds. The zero-order chi connectivity index (χ0) is 14.2. The van der Waals surface area contributed by atoms with Gasteiger partial charge in [0.05, 0.1) is 15.8 Å². The van der Waals surface area contributed by atoms with E-state index < -0.39 is 21.4 Å². The van der Waals surface area contributed by atoms with Crippen LogP contribution in [0.1, 0.15) is 18.9 Å². The third kappa shape index (κ3) is 2.45. The number of nitrogens with one attached hydrogen (secondary N) is 2. The van der Waals surface area contributed by atoms with Gasteiger partial charge in [0, 0.05) is 0 Å². The SMILES string of the molecule is CCCc1c(S(=O)(=O)O)ccc2[nH]c(=O)[nH]c(=O)c12. The molecule has 0 spiro atoms. The Kier molecular flexibility index (Phi) is 3.29. The number of aromatic nitrogens is 2. The Morgan fingerprint density at radius 2 is 1.89 bits per heavy atom. The van der Waals surface area contributed by atoms with Gasteiger partial charge in [-0.2, -0.15) is 8.42 Å². The lowest BCUT2D eigenvalue weighted by Gasteiger charge is -2.09. The quantitative estimate of drug-likeness (QED) is 0.705. The summed E-state index contributed by atoms with van der Waals surface area (Å²) in [5, 5.41) is 0.0802. The van der Waals surface area contributed by atoms with Crippen molar-refractivity contribution in [1.82, 2.24) is 9.97 Å². The molecule has 2 aromatic rings. The van der Waals surface area contributed by atoms with E-state index in [-0.39, 0.29) is 21.4 Å². The van der Waals surface area contributed by atoms with Crippen molar-refractivity contribution in [1.29, 1.82) is 0 Å². The molecule has 1 heterocycles. The van der Waals surface area contributed by atoms with Crippen molar-refractivity contribution >= 4 is 21.0 Å². The van der Waals surface area contributed by atoms with E-state index in [2.05, 4.69) is 4.98 Å². The van der Waals surface area contributed by atoms with Gasteiger partial charge in [0.15, 0.2) is 0 Å². The Hall–Kier alpha value is -1.93. The van der Waals surface area contributed by atoms with Crippen LogP contribution in [0.3, 0.4) is 0 Å². The molecule has 2 rings (SSSR count). The number of hydrogen-bond acceptors (Lipinski definition) is 4. The molecule has 0 saturated carbocycles. The number of aryl methyl sites for hydroxylation is 1. The molecule has 0 radical (unpaired) electrons. The minimum atomic E-state index is -4.42. The third-order valence-corrected chi connectivity index (χ3v) is 3.69. The van der Waals surface area contributed by atoms with Gasteiger partial charge in [0.25, 0.3) is 15.7 Å². The smallest absolute Gasteiger partial charge is 0.307 e. The monoisotopic (exact) mass is 284 g/mol. The van der Waals surface area contributed by atoms with Crippen molar-refractivity contribution in [2.45, 2.75) is 24.7 Å². The number of hydrogen-bond donors (Lipinski definition) is 3. The zero-order valence-electron chi connectivity index (χ0n) is 10.1. The molecule has 3 N–H and O–H groups in total. The van der Waals surface area contributed by atoms with E-state index in [4.69, 9.17) is 0 Å². The van der Waals surface area contributed by atoms with Gasteiger partial charge in [0.1, 0.15) is 0 Å². The van der Waals surface area contributed by atoms with E-state index in [9.17, 15) is 22.6 Å². The second-order valence-electron chi connectivity index (χ2n) is 4.10. The van der Waals surface area contributed by atoms with Crippen LogP contribution in [0.4, 0.5) is 0 Å². The Labute approximate surface area is 108 Å². The fourth-order valence-corrected chi connectivity index (χ4v) is 2.81. The second-order valence-corrected chi connectivity index (χ2v) is 5.49. The summed E-state index contributed by atoms with van der Waals surface area (Å²) >= 11 is 0. The molecule has 19 heavy (non-hydrogen) atoms. The van der Waals surface area contributed by atoms with Gasteiger partial charge in [-0.05, 0) is 24.1 Å². The standard InChI is InChI=1S/C11H12N2O5S/c1-2-3-6-8(19(16,17)18)5-4-7-9(6)10(14)13-11(15)12-7/h4-5H,2-3H2,1H3,(H,16,17,18)(H2,12,13,14,15). The van der Waals surface area contributed by atoms with Gasteiger partial charge < -0.3 is 4.98 Å². The minimum Gasteiger partial charge on any atom is -0.307 e. The first-order valence-electron chi connectivity index (χ1n) is 5.60. The summed E-state index contributed by atoms with van der Waals surface area (Å²) in [6.45, 7) is 1.81. The molecule has 102 valence electrons. The highest BCUT2D eigenvalue weighted by atomic mass is 32.2. The lowest BCUT2D eigenvalue weighted by molar-refractivity contribution is 0.482. The molecular formula is C11H12N2O5S. The van der Waals surface area contributed by atoms with Crippen LogP contribution in [0.2, 0.25) is 0 Å². The summed E-state index contributed by atoms with van der Waals surface area (Å²) in [4.78, 5) is 27.2. The topological polar surface area (TPSA) is 120 Å². The molecule has 1 aromatic heterocycles. The zero-order valence-corrected chi connectivity index (χ0v) is 10.9. The molecule has 0 unspecified atom stereocenters. The molecule has 0 fully saturated rings. The second kappa shape index (κ2) is 4.63. The predicted molar refractivity (Wildman–Crippen MR) is 69.0 cm³/mol. The Bertz CT molecular complexity index is 847. The summed E-state index contributed by atoms with van der Waals surface area (Å²) < 4.78 is 31.8. The lowest BCUT2D eigenvalue weighted by Crippen LogP contribution is -2.23. The maximum atomic E-state index is 11.8. The van der Waals surface area contributed by atoms with Crippen molar-refractivity contribution in [3.63, 3.8) is 0 Å². The van der Waals surface area contributed by atoms with E-state index in [1.54, 1.807) is 0 Å².